The van der Waals surface area contributed by atoms with Gasteiger partial charge in [-0.1, -0.05) is 25.3 Å². The number of nitrogens with two attached hydrogens (primary N) is 1. The molecule has 0 amide bonds. The van der Waals surface area contributed by atoms with Crippen molar-refractivity contribution < 1.29 is 13.9 Å². The molecule has 0 bridgehead atoms. The Balaban J connectivity index is 2.37. The summed E-state index contributed by atoms with van der Waals surface area (Å²) in [5, 5.41) is 0. The predicted octanol–water partition coefficient (Wildman–Crippen LogP) is 2.93. The molecular formula is C15H20FNO2. The van der Waals surface area contributed by atoms with E-state index in [9.17, 15) is 9.18 Å². The molecule has 104 valence electrons. The fourth-order valence-electron chi connectivity index (χ4n) is 2.88. The van der Waals surface area contributed by atoms with E-state index < -0.39 is 11.2 Å². The summed E-state index contributed by atoms with van der Waals surface area (Å²) in [5.41, 5.74) is 5.33. The average Bonchev–Trinajstić information content (AvgIpc) is 2.47. The highest BCUT2D eigenvalue weighted by atomic mass is 19.1. The van der Waals surface area contributed by atoms with E-state index in [1.54, 1.807) is 6.07 Å². The van der Waals surface area contributed by atoms with E-state index in [0.29, 0.717) is 0 Å². The number of hydrogen-bond donors (Lipinski definition) is 1. The molecule has 0 atom stereocenters. The molecule has 0 unspecified atom stereocenters. The Morgan fingerprint density at radius 1 is 1.37 bits per heavy atom. The fraction of sp³-hybridized carbons (Fsp3) is 0.533. The third-order valence-corrected chi connectivity index (χ3v) is 4.11. The number of halogens is 1. The second-order valence-corrected chi connectivity index (χ2v) is 5.20. The molecule has 1 aliphatic carbocycles. The van der Waals surface area contributed by atoms with Crippen LogP contribution in [0.2, 0.25) is 0 Å². The number of carbonyl (C=O) groups is 1. The standard InChI is InChI=1S/C15H20FNO2/c1-19-12-7-5-6-11(13(12)16)14(18)15(10-17)8-3-2-4-9-15/h5-7H,2-4,8-10,17H2,1H3. The van der Waals surface area contributed by atoms with Crippen molar-refractivity contribution in [1.29, 1.82) is 0 Å². The molecule has 1 aromatic carbocycles. The maximum absolute atomic E-state index is 14.2. The van der Waals surface area contributed by atoms with Gasteiger partial charge < -0.3 is 10.5 Å². The Bertz CT molecular complexity index is 467. The highest BCUT2D eigenvalue weighted by Crippen LogP contribution is 2.39. The van der Waals surface area contributed by atoms with Crippen LogP contribution in [0.15, 0.2) is 18.2 Å². The van der Waals surface area contributed by atoms with Gasteiger partial charge in [-0.2, -0.15) is 0 Å². The topological polar surface area (TPSA) is 52.3 Å². The van der Waals surface area contributed by atoms with Crippen LogP contribution in [-0.4, -0.2) is 19.4 Å². The molecular weight excluding hydrogens is 245 g/mol. The van der Waals surface area contributed by atoms with Gasteiger partial charge in [-0.15, -0.1) is 0 Å². The van der Waals surface area contributed by atoms with E-state index in [2.05, 4.69) is 0 Å². The van der Waals surface area contributed by atoms with Gasteiger partial charge in [-0.3, -0.25) is 4.79 Å². The largest absolute Gasteiger partial charge is 0.494 e. The fourth-order valence-corrected chi connectivity index (χ4v) is 2.88. The molecule has 2 rings (SSSR count). The molecule has 0 saturated heterocycles. The summed E-state index contributed by atoms with van der Waals surface area (Å²) >= 11 is 0. The monoisotopic (exact) mass is 265 g/mol. The molecule has 0 spiro atoms. The number of Topliss-reactive ketones (excluding diaryl/α,β-unsaturated/α-hetero) is 1. The number of ether oxygens (including phenoxy) is 1. The molecule has 3 nitrogen and oxygen atoms in total. The first-order valence-electron chi connectivity index (χ1n) is 6.72. The minimum absolute atomic E-state index is 0.103. The number of hydrogen-bond acceptors (Lipinski definition) is 3. The van der Waals surface area contributed by atoms with Crippen LogP contribution in [-0.2, 0) is 0 Å². The molecule has 0 heterocycles. The maximum atomic E-state index is 14.2. The van der Waals surface area contributed by atoms with Crippen molar-refractivity contribution in [2.75, 3.05) is 13.7 Å². The zero-order valence-electron chi connectivity index (χ0n) is 11.2. The summed E-state index contributed by atoms with van der Waals surface area (Å²) in [6, 6.07) is 4.68. The van der Waals surface area contributed by atoms with Crippen molar-refractivity contribution >= 4 is 5.78 Å². The first-order valence-corrected chi connectivity index (χ1v) is 6.72. The minimum atomic E-state index is -0.592. The molecule has 1 fully saturated rings. The number of methoxy groups -OCH3 is 1. The minimum Gasteiger partial charge on any atom is -0.494 e. The summed E-state index contributed by atoms with van der Waals surface area (Å²) in [6.45, 7) is 0.280. The van der Waals surface area contributed by atoms with Gasteiger partial charge in [0, 0.05) is 12.0 Å². The molecule has 1 aromatic rings. The summed E-state index contributed by atoms with van der Waals surface area (Å²) in [4.78, 5) is 12.7. The van der Waals surface area contributed by atoms with Crippen LogP contribution in [0.5, 0.6) is 5.75 Å². The van der Waals surface area contributed by atoms with Gasteiger partial charge in [0.05, 0.1) is 12.7 Å². The second kappa shape index (κ2) is 5.70. The molecule has 4 heteroatoms. The number of rotatable bonds is 4. The Morgan fingerprint density at radius 2 is 2.05 bits per heavy atom. The highest BCUT2D eigenvalue weighted by molar-refractivity contribution is 6.01. The predicted molar refractivity (Wildman–Crippen MR) is 71.9 cm³/mol. The van der Waals surface area contributed by atoms with E-state index >= 15 is 0 Å². The van der Waals surface area contributed by atoms with Crippen molar-refractivity contribution in [2.24, 2.45) is 11.1 Å². The van der Waals surface area contributed by atoms with Gasteiger partial charge >= 0.3 is 0 Å². The molecule has 1 saturated carbocycles. The molecule has 0 aliphatic heterocycles. The number of carbonyl (C=O) groups excluding carboxylic acids is 1. The van der Waals surface area contributed by atoms with Crippen LogP contribution in [0, 0.1) is 11.2 Å². The second-order valence-electron chi connectivity index (χ2n) is 5.20. The first-order chi connectivity index (χ1) is 9.14. The van der Waals surface area contributed by atoms with Gasteiger partial charge in [-0.25, -0.2) is 4.39 Å². The van der Waals surface area contributed by atoms with E-state index in [0.717, 1.165) is 32.1 Å². The van der Waals surface area contributed by atoms with Gasteiger partial charge in [-0.05, 0) is 25.0 Å². The molecule has 1 aliphatic rings. The number of ketones is 1. The van der Waals surface area contributed by atoms with Crippen molar-refractivity contribution in [3.63, 3.8) is 0 Å². The highest BCUT2D eigenvalue weighted by Gasteiger charge is 2.39. The SMILES string of the molecule is COc1cccc(C(=O)C2(CN)CCCCC2)c1F. The van der Waals surface area contributed by atoms with E-state index in [1.165, 1.54) is 19.2 Å². The van der Waals surface area contributed by atoms with Crippen LogP contribution in [0.4, 0.5) is 4.39 Å². The lowest BCUT2D eigenvalue weighted by atomic mass is 9.69. The van der Waals surface area contributed by atoms with Crippen molar-refractivity contribution in [1.82, 2.24) is 0 Å². The van der Waals surface area contributed by atoms with Crippen LogP contribution in [0.25, 0.3) is 0 Å². The smallest absolute Gasteiger partial charge is 0.175 e. The molecule has 0 aromatic heterocycles. The molecule has 0 radical (unpaired) electrons. The summed E-state index contributed by atoms with van der Waals surface area (Å²) in [7, 11) is 1.39. The normalized spacial score (nSPS) is 18.1. The zero-order valence-corrected chi connectivity index (χ0v) is 11.2. The van der Waals surface area contributed by atoms with Crippen molar-refractivity contribution in [2.45, 2.75) is 32.1 Å². The average molecular weight is 265 g/mol. The Labute approximate surface area is 112 Å². The Kier molecular flexibility index (Phi) is 4.20. The lowest BCUT2D eigenvalue weighted by Crippen LogP contribution is -2.40. The summed E-state index contributed by atoms with van der Waals surface area (Å²) in [6.07, 6.45) is 4.58. The lowest BCUT2D eigenvalue weighted by molar-refractivity contribution is 0.0724. The van der Waals surface area contributed by atoms with Crippen molar-refractivity contribution in [3.8, 4) is 5.75 Å². The van der Waals surface area contributed by atoms with Crippen LogP contribution < -0.4 is 10.5 Å². The van der Waals surface area contributed by atoms with E-state index in [-0.39, 0.29) is 23.6 Å². The zero-order chi connectivity index (χ0) is 13.9. The van der Waals surface area contributed by atoms with Gasteiger partial charge in [0.2, 0.25) is 0 Å². The van der Waals surface area contributed by atoms with Crippen molar-refractivity contribution in [3.05, 3.63) is 29.6 Å². The van der Waals surface area contributed by atoms with Gasteiger partial charge in [0.15, 0.2) is 17.3 Å². The lowest BCUT2D eigenvalue weighted by Gasteiger charge is -2.34. The number of benzene rings is 1. The van der Waals surface area contributed by atoms with Gasteiger partial charge in [0.25, 0.3) is 0 Å². The van der Waals surface area contributed by atoms with Gasteiger partial charge in [0.1, 0.15) is 0 Å². The summed E-state index contributed by atoms with van der Waals surface area (Å²) < 4.78 is 19.1. The third-order valence-electron chi connectivity index (χ3n) is 4.11. The Morgan fingerprint density at radius 3 is 2.63 bits per heavy atom. The van der Waals surface area contributed by atoms with E-state index in [4.69, 9.17) is 10.5 Å². The molecule has 19 heavy (non-hydrogen) atoms. The molecule has 2 N–H and O–H groups in total. The van der Waals surface area contributed by atoms with Crippen LogP contribution in [0.1, 0.15) is 42.5 Å². The van der Waals surface area contributed by atoms with E-state index in [1.807, 2.05) is 0 Å². The third kappa shape index (κ3) is 2.50. The first kappa shape index (κ1) is 14.0. The quantitative estimate of drug-likeness (QED) is 0.852. The maximum Gasteiger partial charge on any atom is 0.175 e. The summed E-state index contributed by atoms with van der Waals surface area (Å²) in [5.74, 6) is -0.645. The van der Waals surface area contributed by atoms with Crippen LogP contribution in [0.3, 0.4) is 0 Å². The van der Waals surface area contributed by atoms with Crippen LogP contribution >= 0.6 is 0 Å². The Hall–Kier alpha value is -1.42.